The van der Waals surface area contributed by atoms with Crippen molar-refractivity contribution in [3.05, 3.63) is 0 Å². The van der Waals surface area contributed by atoms with Crippen molar-refractivity contribution >= 4 is 5.97 Å². The third-order valence-corrected chi connectivity index (χ3v) is 4.32. The van der Waals surface area contributed by atoms with Crippen LogP contribution in [0.25, 0.3) is 0 Å². The highest BCUT2D eigenvalue weighted by Crippen LogP contribution is 2.25. The Morgan fingerprint density at radius 1 is 1.08 bits per heavy atom. The quantitative estimate of drug-likeness (QED) is 0.376. The first-order chi connectivity index (χ1) is 11.9. The molecule has 1 fully saturated rings. The molecule has 1 rings (SSSR count). The number of unbranched alkanes of at least 4 members (excludes halogenated alkanes) is 5. The van der Waals surface area contributed by atoms with Gasteiger partial charge in [0.1, 0.15) is 18.3 Å². The summed E-state index contributed by atoms with van der Waals surface area (Å²) >= 11 is 0. The third kappa shape index (κ3) is 7.19. The van der Waals surface area contributed by atoms with Gasteiger partial charge in [-0.3, -0.25) is 4.79 Å². The van der Waals surface area contributed by atoms with E-state index in [4.69, 9.17) is 14.2 Å². The maximum Gasteiger partial charge on any atom is 0.308 e. The van der Waals surface area contributed by atoms with Crippen LogP contribution >= 0.6 is 0 Å². The monoisotopic (exact) mass is 362 g/mol. The molecule has 3 unspecified atom stereocenters. The minimum atomic E-state index is -1.37. The number of hydrogen-bond donors (Lipinski definition) is 3. The van der Waals surface area contributed by atoms with Crippen molar-refractivity contribution in [2.75, 3.05) is 13.2 Å². The number of carbonyl (C=O) groups excluding carboxylic acids is 1. The second-order valence-electron chi connectivity index (χ2n) is 6.90. The largest absolute Gasteiger partial charge is 0.456 e. The molecule has 1 saturated heterocycles. The van der Waals surface area contributed by atoms with E-state index in [9.17, 15) is 20.1 Å². The highest BCUT2D eigenvalue weighted by atomic mass is 16.7. The van der Waals surface area contributed by atoms with Crippen LogP contribution in [0.3, 0.4) is 0 Å². The number of ether oxygens (including phenoxy) is 3. The molecular weight excluding hydrogens is 328 g/mol. The molecule has 1 heterocycles. The molecule has 0 aliphatic carbocycles. The van der Waals surface area contributed by atoms with Gasteiger partial charge in [0, 0.05) is 6.61 Å². The summed E-state index contributed by atoms with van der Waals surface area (Å²) in [6.07, 6.45) is 0.819. The average Bonchev–Trinajstić information content (AvgIpc) is 2.59. The molecule has 0 radical (unpaired) electrons. The molecule has 1 aliphatic heterocycles. The Morgan fingerprint density at radius 3 is 2.32 bits per heavy atom. The topological polar surface area (TPSA) is 105 Å². The van der Waals surface area contributed by atoms with Crippen LogP contribution in [0.4, 0.5) is 0 Å². The lowest BCUT2D eigenvalue weighted by Crippen LogP contribution is -2.60. The van der Waals surface area contributed by atoms with Gasteiger partial charge in [-0.1, -0.05) is 52.9 Å². The lowest BCUT2D eigenvalue weighted by atomic mass is 9.98. The fraction of sp³-hybridized carbons (Fsp3) is 0.944. The first-order valence-corrected chi connectivity index (χ1v) is 9.36. The molecule has 0 aromatic carbocycles. The molecule has 3 N–H and O–H groups in total. The van der Waals surface area contributed by atoms with Gasteiger partial charge < -0.3 is 29.5 Å². The second kappa shape index (κ2) is 11.8. The van der Waals surface area contributed by atoms with Crippen molar-refractivity contribution in [1.29, 1.82) is 0 Å². The Morgan fingerprint density at radius 2 is 1.72 bits per heavy atom. The Hall–Kier alpha value is -0.730. The van der Waals surface area contributed by atoms with Gasteiger partial charge in [0.15, 0.2) is 12.4 Å². The van der Waals surface area contributed by atoms with E-state index in [2.05, 4.69) is 6.92 Å². The van der Waals surface area contributed by atoms with Crippen LogP contribution in [-0.2, 0) is 19.0 Å². The molecule has 148 valence electrons. The number of rotatable bonds is 11. The Labute approximate surface area is 150 Å². The first-order valence-electron chi connectivity index (χ1n) is 9.36. The van der Waals surface area contributed by atoms with Crippen LogP contribution in [-0.4, -0.2) is 65.2 Å². The standard InChI is InChI=1S/C18H34O7/c1-4-5-6-7-8-9-10-23-18-15(21)14(20)16(13(11-19)24-18)25-17(22)12(2)3/h12-16,18-21H,4-11H2,1-3H3/t13?,14?,15?,16-,18-/m1/s1. The lowest BCUT2D eigenvalue weighted by molar-refractivity contribution is -0.303. The van der Waals surface area contributed by atoms with Gasteiger partial charge in [0.2, 0.25) is 0 Å². The fourth-order valence-electron chi connectivity index (χ4n) is 2.69. The minimum Gasteiger partial charge on any atom is -0.456 e. The Balaban J connectivity index is 2.45. The highest BCUT2D eigenvalue weighted by Gasteiger charge is 2.47. The van der Waals surface area contributed by atoms with Gasteiger partial charge in [-0.2, -0.15) is 0 Å². The van der Waals surface area contributed by atoms with Gasteiger partial charge in [0.05, 0.1) is 12.5 Å². The SMILES string of the molecule is CCCCCCCCO[C@@H]1OC(CO)[C@@H](OC(=O)C(C)C)C(O)C1O. The van der Waals surface area contributed by atoms with Gasteiger partial charge in [-0.25, -0.2) is 0 Å². The molecule has 7 heteroatoms. The molecular formula is C18H34O7. The lowest BCUT2D eigenvalue weighted by Gasteiger charge is -2.41. The predicted molar refractivity (Wildman–Crippen MR) is 91.8 cm³/mol. The number of aliphatic hydroxyl groups excluding tert-OH is 3. The van der Waals surface area contributed by atoms with Gasteiger partial charge in [-0.05, 0) is 6.42 Å². The third-order valence-electron chi connectivity index (χ3n) is 4.32. The first kappa shape index (κ1) is 22.3. The molecule has 5 atom stereocenters. The summed E-state index contributed by atoms with van der Waals surface area (Å²) in [5.74, 6) is -0.907. The molecule has 25 heavy (non-hydrogen) atoms. The van der Waals surface area contributed by atoms with Crippen LogP contribution in [0.5, 0.6) is 0 Å². The average molecular weight is 362 g/mol. The van der Waals surface area contributed by atoms with Crippen molar-refractivity contribution in [2.45, 2.75) is 90.0 Å². The predicted octanol–water partition coefficient (Wildman–Crippen LogP) is 1.37. The molecule has 0 amide bonds. The van der Waals surface area contributed by atoms with Crippen molar-refractivity contribution in [2.24, 2.45) is 5.92 Å². The Kier molecular flexibility index (Phi) is 10.5. The number of carbonyl (C=O) groups is 1. The molecule has 0 saturated carbocycles. The van der Waals surface area contributed by atoms with E-state index in [0.29, 0.717) is 6.61 Å². The molecule has 0 aromatic rings. The maximum absolute atomic E-state index is 11.7. The van der Waals surface area contributed by atoms with Crippen LogP contribution in [0.2, 0.25) is 0 Å². The number of hydrogen-bond acceptors (Lipinski definition) is 7. The van der Waals surface area contributed by atoms with E-state index in [1.165, 1.54) is 19.3 Å². The molecule has 0 bridgehead atoms. The molecule has 1 aliphatic rings. The summed E-state index contributed by atoms with van der Waals surface area (Å²) in [4.78, 5) is 11.7. The van der Waals surface area contributed by atoms with E-state index >= 15 is 0 Å². The fourth-order valence-corrected chi connectivity index (χ4v) is 2.69. The highest BCUT2D eigenvalue weighted by molar-refractivity contribution is 5.71. The van der Waals surface area contributed by atoms with E-state index in [1.807, 2.05) is 0 Å². The van der Waals surface area contributed by atoms with Crippen LogP contribution in [0, 0.1) is 5.92 Å². The van der Waals surface area contributed by atoms with Crippen molar-refractivity contribution < 1.29 is 34.3 Å². The molecule has 0 spiro atoms. The Bertz CT molecular complexity index is 372. The second-order valence-corrected chi connectivity index (χ2v) is 6.90. The van der Waals surface area contributed by atoms with Crippen LogP contribution in [0.15, 0.2) is 0 Å². The zero-order valence-corrected chi connectivity index (χ0v) is 15.6. The van der Waals surface area contributed by atoms with Gasteiger partial charge in [-0.15, -0.1) is 0 Å². The summed E-state index contributed by atoms with van der Waals surface area (Å²) in [5, 5.41) is 29.9. The van der Waals surface area contributed by atoms with Crippen LogP contribution < -0.4 is 0 Å². The van der Waals surface area contributed by atoms with Gasteiger partial charge in [0.25, 0.3) is 0 Å². The van der Waals surface area contributed by atoms with E-state index in [0.717, 1.165) is 19.3 Å². The minimum absolute atomic E-state index is 0.384. The summed E-state index contributed by atoms with van der Waals surface area (Å²) in [6.45, 7) is 5.44. The maximum atomic E-state index is 11.7. The summed E-state index contributed by atoms with van der Waals surface area (Å²) in [7, 11) is 0. The normalized spacial score (nSPS) is 29.8. The van der Waals surface area contributed by atoms with Crippen molar-refractivity contribution in [3.8, 4) is 0 Å². The summed E-state index contributed by atoms with van der Waals surface area (Å²) < 4.78 is 16.2. The number of aliphatic hydroxyl groups is 3. The van der Waals surface area contributed by atoms with Crippen LogP contribution in [0.1, 0.15) is 59.3 Å². The zero-order valence-electron chi connectivity index (χ0n) is 15.6. The molecule has 7 nitrogen and oxygen atoms in total. The van der Waals surface area contributed by atoms with E-state index in [1.54, 1.807) is 13.8 Å². The van der Waals surface area contributed by atoms with Crippen molar-refractivity contribution in [1.82, 2.24) is 0 Å². The summed E-state index contributed by atoms with van der Waals surface area (Å²) in [5.41, 5.74) is 0. The van der Waals surface area contributed by atoms with E-state index < -0.39 is 43.3 Å². The molecule has 0 aromatic heterocycles. The smallest absolute Gasteiger partial charge is 0.308 e. The summed E-state index contributed by atoms with van der Waals surface area (Å²) in [6, 6.07) is 0. The number of esters is 1. The van der Waals surface area contributed by atoms with Crippen molar-refractivity contribution in [3.63, 3.8) is 0 Å². The zero-order chi connectivity index (χ0) is 18.8. The van der Waals surface area contributed by atoms with Gasteiger partial charge >= 0.3 is 5.97 Å². The van der Waals surface area contributed by atoms with E-state index in [-0.39, 0.29) is 5.92 Å².